The van der Waals surface area contributed by atoms with Gasteiger partial charge in [-0.25, -0.2) is 4.99 Å². The minimum Gasteiger partial charge on any atom is -0.370 e. The summed E-state index contributed by atoms with van der Waals surface area (Å²) in [6.45, 7) is 3.68. The Morgan fingerprint density at radius 2 is 1.79 bits per heavy atom. The molecule has 0 bridgehead atoms. The summed E-state index contributed by atoms with van der Waals surface area (Å²) >= 11 is 0. The van der Waals surface area contributed by atoms with Crippen LogP contribution in [-0.2, 0) is 13.0 Å². The third kappa shape index (κ3) is 5.76. The lowest BCUT2D eigenvalue weighted by molar-refractivity contribution is 0.0955. The van der Waals surface area contributed by atoms with Gasteiger partial charge in [0.15, 0.2) is 5.96 Å². The van der Waals surface area contributed by atoms with Gasteiger partial charge in [-0.2, -0.15) is 0 Å². The van der Waals surface area contributed by atoms with Crippen molar-refractivity contribution < 1.29 is 4.79 Å². The first-order chi connectivity index (χ1) is 11.7. The number of carbonyl (C=O) groups excluding carboxylic acids is 1. The van der Waals surface area contributed by atoms with Crippen molar-refractivity contribution in [3.63, 3.8) is 0 Å². The number of nitrogens with two attached hydrogens (primary N) is 1. The Morgan fingerprint density at radius 3 is 2.54 bits per heavy atom. The van der Waals surface area contributed by atoms with Crippen LogP contribution in [0.3, 0.4) is 0 Å². The van der Waals surface area contributed by atoms with Crippen molar-refractivity contribution in [2.24, 2.45) is 10.7 Å². The maximum absolute atomic E-state index is 11.8. The van der Waals surface area contributed by atoms with E-state index in [1.54, 1.807) is 6.07 Å². The molecule has 0 spiro atoms. The number of nitrogens with one attached hydrogen (secondary N) is 2. The topological polar surface area (TPSA) is 79.5 Å². The molecular formula is C19H24N4O. The molecule has 0 fully saturated rings. The van der Waals surface area contributed by atoms with E-state index >= 15 is 0 Å². The van der Waals surface area contributed by atoms with Crippen molar-refractivity contribution in [2.45, 2.75) is 19.9 Å². The monoisotopic (exact) mass is 324 g/mol. The van der Waals surface area contributed by atoms with Gasteiger partial charge in [-0.05, 0) is 36.6 Å². The highest BCUT2D eigenvalue weighted by molar-refractivity contribution is 5.94. The lowest BCUT2D eigenvalue weighted by Crippen LogP contribution is -2.33. The average Bonchev–Trinajstić information content (AvgIpc) is 2.61. The van der Waals surface area contributed by atoms with Crippen LogP contribution < -0.4 is 16.4 Å². The highest BCUT2D eigenvalue weighted by Gasteiger charge is 2.04. The summed E-state index contributed by atoms with van der Waals surface area (Å²) in [4.78, 5) is 16.2. The van der Waals surface area contributed by atoms with Crippen molar-refractivity contribution in [2.75, 3.05) is 13.1 Å². The highest BCUT2D eigenvalue weighted by atomic mass is 16.1. The van der Waals surface area contributed by atoms with Crippen molar-refractivity contribution in [1.29, 1.82) is 0 Å². The molecule has 0 aromatic heterocycles. The largest absolute Gasteiger partial charge is 0.370 e. The van der Waals surface area contributed by atoms with Crippen LogP contribution >= 0.6 is 0 Å². The van der Waals surface area contributed by atoms with Crippen LogP contribution in [0.25, 0.3) is 0 Å². The zero-order valence-corrected chi connectivity index (χ0v) is 14.0. The van der Waals surface area contributed by atoms with Crippen LogP contribution in [0, 0.1) is 0 Å². The predicted octanol–water partition coefficient (Wildman–Crippen LogP) is 2.08. The Bertz CT molecular complexity index is 683. The van der Waals surface area contributed by atoms with Gasteiger partial charge >= 0.3 is 0 Å². The number of hydrogen-bond donors (Lipinski definition) is 3. The number of nitrogens with zero attached hydrogens (tertiary/aromatic N) is 1. The summed E-state index contributed by atoms with van der Waals surface area (Å²) in [6.07, 6.45) is 0.893. The zero-order chi connectivity index (χ0) is 17.2. The second-order valence-electron chi connectivity index (χ2n) is 5.42. The van der Waals surface area contributed by atoms with Crippen LogP contribution in [0.4, 0.5) is 0 Å². The van der Waals surface area contributed by atoms with E-state index in [0.29, 0.717) is 24.6 Å². The first-order valence-corrected chi connectivity index (χ1v) is 8.14. The van der Waals surface area contributed by atoms with Crippen LogP contribution in [0.1, 0.15) is 28.4 Å². The van der Waals surface area contributed by atoms with Crippen LogP contribution in [0.15, 0.2) is 59.6 Å². The van der Waals surface area contributed by atoms with E-state index in [1.165, 1.54) is 5.56 Å². The van der Waals surface area contributed by atoms with Crippen LogP contribution in [-0.4, -0.2) is 25.0 Å². The fourth-order valence-corrected chi connectivity index (χ4v) is 2.29. The molecule has 0 saturated carbocycles. The Labute approximate surface area is 143 Å². The van der Waals surface area contributed by atoms with E-state index in [2.05, 4.69) is 27.8 Å². The summed E-state index contributed by atoms with van der Waals surface area (Å²) in [5.41, 5.74) is 8.74. The standard InChI is InChI=1S/C19H24N4O/c1-2-21-18(24)17-10-6-9-16(13-17)14-23-19(20)22-12-11-15-7-4-3-5-8-15/h3-10,13H,2,11-12,14H2,1H3,(H,21,24)(H3,20,22,23). The molecule has 0 saturated heterocycles. The van der Waals surface area contributed by atoms with Gasteiger partial charge in [0.25, 0.3) is 5.91 Å². The van der Waals surface area contributed by atoms with Gasteiger partial charge in [-0.15, -0.1) is 0 Å². The van der Waals surface area contributed by atoms with Crippen molar-refractivity contribution in [3.05, 3.63) is 71.3 Å². The van der Waals surface area contributed by atoms with E-state index in [0.717, 1.165) is 18.5 Å². The number of benzene rings is 2. The molecule has 0 aliphatic carbocycles. The first-order valence-electron chi connectivity index (χ1n) is 8.14. The molecular weight excluding hydrogens is 300 g/mol. The molecule has 0 aliphatic rings. The molecule has 1 amide bonds. The molecule has 0 aliphatic heterocycles. The van der Waals surface area contributed by atoms with Crippen molar-refractivity contribution >= 4 is 11.9 Å². The van der Waals surface area contributed by atoms with Gasteiger partial charge in [-0.3, -0.25) is 4.79 Å². The lowest BCUT2D eigenvalue weighted by Gasteiger charge is -2.07. The maximum atomic E-state index is 11.8. The third-order valence-electron chi connectivity index (χ3n) is 3.52. The van der Waals surface area contributed by atoms with Gasteiger partial charge in [0.05, 0.1) is 6.54 Å². The van der Waals surface area contributed by atoms with Gasteiger partial charge in [0.1, 0.15) is 0 Å². The number of guanidine groups is 1. The molecule has 5 heteroatoms. The molecule has 0 heterocycles. The smallest absolute Gasteiger partial charge is 0.251 e. The van der Waals surface area contributed by atoms with E-state index in [9.17, 15) is 4.79 Å². The van der Waals surface area contributed by atoms with Gasteiger partial charge in [0, 0.05) is 18.7 Å². The van der Waals surface area contributed by atoms with Gasteiger partial charge in [-0.1, -0.05) is 42.5 Å². The molecule has 2 aromatic carbocycles. The second-order valence-corrected chi connectivity index (χ2v) is 5.42. The van der Waals surface area contributed by atoms with Gasteiger partial charge in [0.2, 0.25) is 0 Å². The fourth-order valence-electron chi connectivity index (χ4n) is 2.29. The number of hydrogen-bond acceptors (Lipinski definition) is 2. The number of aliphatic imine (C=N–C) groups is 1. The Kier molecular flexibility index (Phi) is 6.83. The van der Waals surface area contributed by atoms with Crippen molar-refractivity contribution in [3.8, 4) is 0 Å². The summed E-state index contributed by atoms with van der Waals surface area (Å²) < 4.78 is 0. The first kappa shape index (κ1) is 17.5. The molecule has 2 aromatic rings. The number of rotatable bonds is 7. The SMILES string of the molecule is CCNC(=O)c1cccc(CN=C(N)NCCc2ccccc2)c1. The Balaban J connectivity index is 1.83. The van der Waals surface area contributed by atoms with Crippen LogP contribution in [0.5, 0.6) is 0 Å². The third-order valence-corrected chi connectivity index (χ3v) is 3.52. The predicted molar refractivity (Wildman–Crippen MR) is 97.9 cm³/mol. The van der Waals surface area contributed by atoms with E-state index in [-0.39, 0.29) is 5.91 Å². The van der Waals surface area contributed by atoms with Crippen molar-refractivity contribution in [1.82, 2.24) is 10.6 Å². The maximum Gasteiger partial charge on any atom is 0.251 e. The molecule has 4 N–H and O–H groups in total. The summed E-state index contributed by atoms with van der Waals surface area (Å²) in [6, 6.07) is 17.6. The Morgan fingerprint density at radius 1 is 1.04 bits per heavy atom. The van der Waals surface area contributed by atoms with E-state index in [1.807, 2.05) is 43.3 Å². The Hall–Kier alpha value is -2.82. The highest BCUT2D eigenvalue weighted by Crippen LogP contribution is 2.06. The lowest BCUT2D eigenvalue weighted by atomic mass is 10.1. The minimum absolute atomic E-state index is 0.0720. The molecule has 0 radical (unpaired) electrons. The number of carbonyl (C=O) groups is 1. The molecule has 0 atom stereocenters. The quantitative estimate of drug-likeness (QED) is 0.539. The molecule has 5 nitrogen and oxygen atoms in total. The summed E-state index contributed by atoms with van der Waals surface area (Å²) in [5.74, 6) is 0.339. The molecule has 0 unspecified atom stereocenters. The number of amides is 1. The average molecular weight is 324 g/mol. The van der Waals surface area contributed by atoms with E-state index < -0.39 is 0 Å². The van der Waals surface area contributed by atoms with E-state index in [4.69, 9.17) is 5.73 Å². The molecule has 24 heavy (non-hydrogen) atoms. The minimum atomic E-state index is -0.0720. The zero-order valence-electron chi connectivity index (χ0n) is 14.0. The fraction of sp³-hybridized carbons (Fsp3) is 0.263. The summed E-state index contributed by atoms with van der Waals surface area (Å²) in [5, 5.41) is 5.89. The van der Waals surface area contributed by atoms with Crippen LogP contribution in [0.2, 0.25) is 0 Å². The normalized spacial score (nSPS) is 11.1. The molecule has 2 rings (SSSR count). The second kappa shape index (κ2) is 9.35. The van der Waals surface area contributed by atoms with Gasteiger partial charge < -0.3 is 16.4 Å². The summed E-state index contributed by atoms with van der Waals surface area (Å²) in [7, 11) is 0. The molecule has 126 valence electrons.